The van der Waals surface area contributed by atoms with Gasteiger partial charge in [-0.3, -0.25) is 24.4 Å². The van der Waals surface area contributed by atoms with Gasteiger partial charge in [-0.1, -0.05) is 23.8 Å². The minimum Gasteiger partial charge on any atom is -0.508 e. The smallest absolute Gasteiger partial charge is 0.258 e. The van der Waals surface area contributed by atoms with E-state index in [-0.39, 0.29) is 29.3 Å². The first-order valence-electron chi connectivity index (χ1n) is 11.6. The first-order chi connectivity index (χ1) is 17.5. The molecule has 0 spiro atoms. The largest absolute Gasteiger partial charge is 0.508 e. The molecule has 8 nitrogen and oxygen atoms in total. The predicted molar refractivity (Wildman–Crippen MR) is 128 cm³/mol. The molecule has 2 saturated heterocycles. The molecule has 190 valence electrons. The summed E-state index contributed by atoms with van der Waals surface area (Å²) in [6.45, 7) is 0. The molecular formula is C26H19Cl2FN2O6. The molecule has 2 aromatic carbocycles. The fraction of sp³-hybridized carbons (Fsp3) is 0.308. The number of carbonyl (C=O) groups excluding carboxylic acids is 4. The van der Waals surface area contributed by atoms with E-state index in [1.54, 1.807) is 18.2 Å². The monoisotopic (exact) mass is 544 g/mol. The number of allylic oxidation sites excluding steroid dienone is 2. The molecule has 3 fully saturated rings. The Morgan fingerprint density at radius 1 is 0.946 bits per heavy atom. The third kappa shape index (κ3) is 2.99. The van der Waals surface area contributed by atoms with Gasteiger partial charge < -0.3 is 5.11 Å². The van der Waals surface area contributed by atoms with Crippen LogP contribution in [0.1, 0.15) is 24.3 Å². The Bertz CT molecular complexity index is 1430. The van der Waals surface area contributed by atoms with E-state index in [2.05, 4.69) is 0 Å². The zero-order valence-electron chi connectivity index (χ0n) is 19.0. The minimum absolute atomic E-state index is 0.0731. The maximum absolute atomic E-state index is 14.0. The number of fused-ring (bicyclic) bond motifs is 4. The minimum atomic E-state index is -2.08. The Kier molecular flexibility index (Phi) is 5.12. The molecule has 2 aliphatic carbocycles. The van der Waals surface area contributed by atoms with Crippen LogP contribution in [0.5, 0.6) is 5.75 Å². The number of hydrogen-bond acceptors (Lipinski definition) is 6. The molecule has 37 heavy (non-hydrogen) atoms. The summed E-state index contributed by atoms with van der Waals surface area (Å²) >= 11 is 14.3. The summed E-state index contributed by atoms with van der Waals surface area (Å²) in [5.74, 6) is -7.61. The molecule has 0 unspecified atom stereocenters. The Labute approximate surface area is 219 Å². The number of phenols is 1. The highest BCUT2D eigenvalue weighted by Crippen LogP contribution is 2.65. The van der Waals surface area contributed by atoms with Gasteiger partial charge in [0.1, 0.15) is 11.6 Å². The van der Waals surface area contributed by atoms with Crippen LogP contribution < -0.4 is 4.90 Å². The summed E-state index contributed by atoms with van der Waals surface area (Å²) in [6.07, 6.45) is 1.57. The predicted octanol–water partition coefficient (Wildman–Crippen LogP) is 3.48. The number of benzene rings is 2. The number of amides is 4. The maximum atomic E-state index is 14.0. The second-order valence-electron chi connectivity index (χ2n) is 9.83. The maximum Gasteiger partial charge on any atom is 0.258 e. The average molecular weight is 545 g/mol. The third-order valence-corrected chi connectivity index (χ3v) is 9.49. The van der Waals surface area contributed by atoms with E-state index in [1.165, 1.54) is 24.3 Å². The summed E-state index contributed by atoms with van der Waals surface area (Å²) in [5, 5.41) is 20.4. The van der Waals surface area contributed by atoms with Crippen molar-refractivity contribution >= 4 is 52.5 Å². The first-order valence-corrected chi connectivity index (χ1v) is 12.3. The molecule has 2 aromatic rings. The quantitative estimate of drug-likeness (QED) is 0.259. The second-order valence-corrected chi connectivity index (χ2v) is 11.1. The molecule has 2 aliphatic heterocycles. The van der Waals surface area contributed by atoms with Crippen LogP contribution in [0.4, 0.5) is 10.1 Å². The molecule has 0 bridgehead atoms. The Balaban J connectivity index is 1.57. The van der Waals surface area contributed by atoms with Crippen molar-refractivity contribution in [3.8, 4) is 5.75 Å². The van der Waals surface area contributed by atoms with Gasteiger partial charge >= 0.3 is 0 Å². The first kappa shape index (κ1) is 24.1. The number of phenolic OH excluding ortho intramolecular Hbond substituents is 1. The number of hydrogen-bond donors (Lipinski definition) is 2. The van der Waals surface area contributed by atoms with Gasteiger partial charge in [0.05, 0.1) is 17.5 Å². The van der Waals surface area contributed by atoms with Crippen molar-refractivity contribution in [2.45, 2.75) is 28.5 Å². The molecular weight excluding hydrogens is 526 g/mol. The topological polar surface area (TPSA) is 115 Å². The van der Waals surface area contributed by atoms with Crippen LogP contribution in [0.15, 0.2) is 60.2 Å². The van der Waals surface area contributed by atoms with Crippen molar-refractivity contribution in [2.75, 3.05) is 4.90 Å². The number of rotatable bonds is 2. The average Bonchev–Trinajstić information content (AvgIpc) is 3.18. The highest BCUT2D eigenvalue weighted by molar-refractivity contribution is 6.58. The number of anilines is 1. The summed E-state index contributed by atoms with van der Waals surface area (Å²) in [6, 6.07) is 10.7. The van der Waals surface area contributed by atoms with Gasteiger partial charge in [0.2, 0.25) is 0 Å². The molecule has 1 saturated carbocycles. The molecule has 11 heteroatoms. The van der Waals surface area contributed by atoms with Crippen molar-refractivity contribution in [2.24, 2.45) is 17.8 Å². The van der Waals surface area contributed by atoms with Crippen molar-refractivity contribution in [3.63, 3.8) is 0 Å². The van der Waals surface area contributed by atoms with Gasteiger partial charge in [-0.15, -0.1) is 23.2 Å². The highest BCUT2D eigenvalue weighted by atomic mass is 35.5. The van der Waals surface area contributed by atoms with Crippen LogP contribution in [-0.2, 0) is 19.2 Å². The van der Waals surface area contributed by atoms with Gasteiger partial charge in [0.25, 0.3) is 23.6 Å². The molecule has 0 aromatic heterocycles. The number of nitrogens with zero attached hydrogens (tertiary/aromatic N) is 2. The summed E-state index contributed by atoms with van der Waals surface area (Å²) in [7, 11) is 0. The third-order valence-electron chi connectivity index (χ3n) is 8.08. The molecule has 0 radical (unpaired) electrons. The number of alkyl halides is 2. The molecule has 6 atom stereocenters. The fourth-order valence-electron chi connectivity index (χ4n) is 6.46. The van der Waals surface area contributed by atoms with E-state index >= 15 is 0 Å². The Morgan fingerprint density at radius 3 is 2.32 bits per heavy atom. The highest BCUT2D eigenvalue weighted by Gasteiger charge is 2.76. The number of halogens is 3. The van der Waals surface area contributed by atoms with Crippen molar-refractivity contribution in [1.82, 2.24) is 5.06 Å². The fourth-order valence-corrected chi connectivity index (χ4v) is 7.40. The van der Waals surface area contributed by atoms with Crippen LogP contribution in [0.2, 0.25) is 0 Å². The number of carbonyl (C=O) groups is 4. The summed E-state index contributed by atoms with van der Waals surface area (Å²) < 4.78 is 13.6. The molecule has 6 rings (SSSR count). The Morgan fingerprint density at radius 2 is 1.65 bits per heavy atom. The second kappa shape index (κ2) is 7.86. The van der Waals surface area contributed by atoms with Crippen LogP contribution in [-0.4, -0.2) is 48.8 Å². The SMILES string of the molecule is O=C1[C@H]2[C@H](CC=C3[C@H]2C[C@@]2(Cl)C(=O)N(c4ccc(F)cc4)C(=O)[C@@]2(Cl)[C@H]3c2cccc(O)c2)C(=O)N1O. The van der Waals surface area contributed by atoms with Gasteiger partial charge in [-0.25, -0.2) is 9.29 Å². The van der Waals surface area contributed by atoms with E-state index in [9.17, 15) is 33.9 Å². The number of hydroxylamine groups is 2. The molecule has 2 heterocycles. The zero-order valence-corrected chi connectivity index (χ0v) is 20.5. The number of aromatic hydroxyl groups is 1. The lowest BCUT2D eigenvalue weighted by atomic mass is 9.56. The van der Waals surface area contributed by atoms with Crippen LogP contribution >= 0.6 is 23.2 Å². The van der Waals surface area contributed by atoms with Crippen molar-refractivity contribution in [1.29, 1.82) is 0 Å². The standard InChI is InChI=1S/C26H19Cl2FN2O6/c27-25-11-18-16(8-9-17-19(18)22(34)31(37)21(17)33)20(12-2-1-3-15(32)10-12)26(25,28)24(36)30(23(25)35)14-6-4-13(29)5-7-14/h1-8,10,17-20,32,37H,9,11H2/t17-,18+,19-,20-,25+,26-/m0/s1. The van der Waals surface area contributed by atoms with Gasteiger partial charge in [-0.2, -0.15) is 5.06 Å². The normalized spacial score (nSPS) is 34.9. The van der Waals surface area contributed by atoms with Crippen molar-refractivity contribution < 1.29 is 33.9 Å². The van der Waals surface area contributed by atoms with Gasteiger partial charge in [-0.05, 0) is 60.7 Å². The molecule has 2 N–H and O–H groups in total. The van der Waals surface area contributed by atoms with Crippen LogP contribution in [0.25, 0.3) is 0 Å². The molecule has 4 aliphatic rings. The van der Waals surface area contributed by atoms with E-state index in [0.29, 0.717) is 11.1 Å². The summed E-state index contributed by atoms with van der Waals surface area (Å²) in [4.78, 5) is 50.1. The van der Waals surface area contributed by atoms with Gasteiger partial charge in [0.15, 0.2) is 9.75 Å². The van der Waals surface area contributed by atoms with Crippen LogP contribution in [0, 0.1) is 23.6 Å². The van der Waals surface area contributed by atoms with E-state index < -0.39 is 62.9 Å². The Hall–Kier alpha value is -3.27. The van der Waals surface area contributed by atoms with Crippen molar-refractivity contribution in [3.05, 3.63) is 71.6 Å². The number of imide groups is 2. The van der Waals surface area contributed by atoms with E-state index in [0.717, 1.165) is 17.0 Å². The van der Waals surface area contributed by atoms with Crippen LogP contribution in [0.3, 0.4) is 0 Å². The summed E-state index contributed by atoms with van der Waals surface area (Å²) in [5.41, 5.74) is 0.981. The lowest BCUT2D eigenvalue weighted by Crippen LogP contribution is -2.60. The molecule has 4 amide bonds. The van der Waals surface area contributed by atoms with E-state index in [4.69, 9.17) is 23.2 Å². The van der Waals surface area contributed by atoms with Gasteiger partial charge in [0, 0.05) is 5.92 Å². The lowest BCUT2D eigenvalue weighted by Gasteiger charge is -2.50. The van der Waals surface area contributed by atoms with E-state index in [1.807, 2.05) is 0 Å². The zero-order chi connectivity index (χ0) is 26.4. The lowest BCUT2D eigenvalue weighted by molar-refractivity contribution is -0.173.